The first-order chi connectivity index (χ1) is 9.10. The van der Waals surface area contributed by atoms with Crippen molar-refractivity contribution in [3.63, 3.8) is 0 Å². The summed E-state index contributed by atoms with van der Waals surface area (Å²) in [6, 6.07) is 8.90. The van der Waals surface area contributed by atoms with Crippen LogP contribution >= 0.6 is 0 Å². The zero-order valence-corrected chi connectivity index (χ0v) is 12.9. The fourth-order valence-electron chi connectivity index (χ4n) is 2.34. The number of anilines is 1. The van der Waals surface area contributed by atoms with Crippen molar-refractivity contribution in [2.75, 3.05) is 11.4 Å². The molecule has 0 saturated heterocycles. The molecule has 19 heavy (non-hydrogen) atoms. The molecular formula is C17H29NO. The molecule has 1 aromatic carbocycles. The molecule has 0 radical (unpaired) electrons. The van der Waals surface area contributed by atoms with Crippen LogP contribution < -0.4 is 4.90 Å². The predicted octanol–water partition coefficient (Wildman–Crippen LogP) is 4.54. The van der Waals surface area contributed by atoms with E-state index in [-0.39, 0.29) is 6.10 Å². The van der Waals surface area contributed by atoms with Crippen molar-refractivity contribution >= 4 is 5.69 Å². The number of aliphatic hydroxyl groups excluding tert-OH is 1. The normalized spacial score (nSPS) is 12.7. The lowest BCUT2D eigenvalue weighted by molar-refractivity contribution is 0.173. The van der Waals surface area contributed by atoms with E-state index in [1.54, 1.807) is 0 Å². The summed E-state index contributed by atoms with van der Waals surface area (Å²) in [5.41, 5.74) is 2.28. The fraction of sp³-hybridized carbons (Fsp3) is 0.647. The largest absolute Gasteiger partial charge is 0.388 e. The Kier molecular flexibility index (Phi) is 6.93. The van der Waals surface area contributed by atoms with E-state index in [2.05, 4.69) is 49.9 Å². The number of aliphatic hydroxyl groups is 1. The summed E-state index contributed by atoms with van der Waals surface area (Å²) < 4.78 is 0. The second-order valence-electron chi connectivity index (χ2n) is 5.51. The van der Waals surface area contributed by atoms with Gasteiger partial charge in [-0.1, -0.05) is 38.8 Å². The van der Waals surface area contributed by atoms with Gasteiger partial charge < -0.3 is 10.0 Å². The van der Waals surface area contributed by atoms with E-state index in [1.807, 2.05) is 6.92 Å². The number of hydrogen-bond acceptors (Lipinski definition) is 2. The monoisotopic (exact) mass is 263 g/mol. The third-order valence-electron chi connectivity index (χ3n) is 3.62. The molecule has 1 rings (SSSR count). The Morgan fingerprint density at radius 2 is 1.68 bits per heavy atom. The molecule has 0 saturated carbocycles. The molecule has 2 nitrogen and oxygen atoms in total. The van der Waals surface area contributed by atoms with Gasteiger partial charge in [-0.05, 0) is 44.4 Å². The first-order valence-corrected chi connectivity index (χ1v) is 7.64. The average Bonchev–Trinajstić information content (AvgIpc) is 2.42. The quantitative estimate of drug-likeness (QED) is 0.696. The van der Waals surface area contributed by atoms with Crippen molar-refractivity contribution in [3.8, 4) is 0 Å². The minimum Gasteiger partial charge on any atom is -0.388 e. The van der Waals surface area contributed by atoms with E-state index >= 15 is 0 Å². The van der Waals surface area contributed by atoms with E-state index in [4.69, 9.17) is 0 Å². The van der Waals surface area contributed by atoms with Gasteiger partial charge in [-0.3, -0.25) is 0 Å². The topological polar surface area (TPSA) is 23.5 Å². The molecule has 0 aliphatic rings. The van der Waals surface area contributed by atoms with Crippen LogP contribution in [0, 0.1) is 0 Å². The second kappa shape index (κ2) is 8.21. The molecule has 1 atom stereocenters. The Balaban J connectivity index is 2.74. The van der Waals surface area contributed by atoms with Crippen LogP contribution in [0.4, 0.5) is 5.69 Å². The first kappa shape index (κ1) is 16.0. The van der Waals surface area contributed by atoms with Gasteiger partial charge in [0.1, 0.15) is 0 Å². The highest BCUT2D eigenvalue weighted by Gasteiger charge is 2.11. The van der Waals surface area contributed by atoms with Crippen LogP contribution in [0.2, 0.25) is 0 Å². The molecule has 0 aliphatic carbocycles. The second-order valence-corrected chi connectivity index (χ2v) is 5.51. The zero-order chi connectivity index (χ0) is 14.3. The van der Waals surface area contributed by atoms with Gasteiger partial charge in [0.15, 0.2) is 0 Å². The van der Waals surface area contributed by atoms with Crippen LogP contribution in [0.25, 0.3) is 0 Å². The van der Waals surface area contributed by atoms with Crippen molar-refractivity contribution in [1.29, 1.82) is 0 Å². The van der Waals surface area contributed by atoms with Crippen LogP contribution in [0.15, 0.2) is 24.3 Å². The van der Waals surface area contributed by atoms with Crippen LogP contribution in [-0.2, 0) is 0 Å². The van der Waals surface area contributed by atoms with Gasteiger partial charge in [0.2, 0.25) is 0 Å². The SMILES string of the molecule is CCCCCN(c1ccc(C(O)CC)cc1)C(C)C. The molecule has 0 aliphatic heterocycles. The number of unbranched alkanes of at least 4 members (excludes halogenated alkanes) is 2. The van der Waals surface area contributed by atoms with Crippen molar-refractivity contribution in [3.05, 3.63) is 29.8 Å². The third kappa shape index (κ3) is 4.87. The maximum atomic E-state index is 9.83. The summed E-state index contributed by atoms with van der Waals surface area (Å²) in [7, 11) is 0. The molecule has 2 heteroatoms. The lowest BCUT2D eigenvalue weighted by atomic mass is 10.1. The lowest BCUT2D eigenvalue weighted by Crippen LogP contribution is -2.31. The number of rotatable bonds is 8. The standard InChI is InChI=1S/C17H29NO/c1-5-7-8-13-18(14(3)4)16-11-9-15(10-12-16)17(19)6-2/h9-12,14,17,19H,5-8,13H2,1-4H3. The smallest absolute Gasteiger partial charge is 0.0787 e. The molecule has 0 aromatic heterocycles. The Morgan fingerprint density at radius 1 is 1.05 bits per heavy atom. The molecule has 1 aromatic rings. The van der Waals surface area contributed by atoms with Crippen molar-refractivity contribution in [2.45, 2.75) is 65.5 Å². The molecule has 0 bridgehead atoms. The van der Waals surface area contributed by atoms with E-state index in [0.29, 0.717) is 6.04 Å². The molecule has 1 unspecified atom stereocenters. The van der Waals surface area contributed by atoms with Gasteiger partial charge in [0.25, 0.3) is 0 Å². The third-order valence-corrected chi connectivity index (χ3v) is 3.62. The molecule has 0 fully saturated rings. The van der Waals surface area contributed by atoms with E-state index in [1.165, 1.54) is 24.9 Å². The zero-order valence-electron chi connectivity index (χ0n) is 12.9. The number of nitrogens with zero attached hydrogens (tertiary/aromatic N) is 1. The van der Waals surface area contributed by atoms with Gasteiger partial charge in [0, 0.05) is 18.3 Å². The minimum absolute atomic E-state index is 0.332. The highest BCUT2D eigenvalue weighted by Crippen LogP contribution is 2.22. The maximum absolute atomic E-state index is 9.83. The lowest BCUT2D eigenvalue weighted by Gasteiger charge is -2.29. The molecule has 0 amide bonds. The highest BCUT2D eigenvalue weighted by molar-refractivity contribution is 5.48. The summed E-state index contributed by atoms with van der Waals surface area (Å²) in [5.74, 6) is 0. The molecule has 1 N–H and O–H groups in total. The van der Waals surface area contributed by atoms with E-state index < -0.39 is 0 Å². The van der Waals surface area contributed by atoms with Crippen LogP contribution in [0.5, 0.6) is 0 Å². The molecule has 0 heterocycles. The van der Waals surface area contributed by atoms with Crippen LogP contribution in [-0.4, -0.2) is 17.7 Å². The van der Waals surface area contributed by atoms with Crippen molar-refractivity contribution in [1.82, 2.24) is 0 Å². The van der Waals surface area contributed by atoms with Gasteiger partial charge in [0.05, 0.1) is 6.10 Å². The number of hydrogen-bond donors (Lipinski definition) is 1. The molecular weight excluding hydrogens is 234 g/mol. The van der Waals surface area contributed by atoms with Crippen LogP contribution in [0.3, 0.4) is 0 Å². The van der Waals surface area contributed by atoms with Gasteiger partial charge in [-0.15, -0.1) is 0 Å². The average molecular weight is 263 g/mol. The summed E-state index contributed by atoms with van der Waals surface area (Å²) >= 11 is 0. The summed E-state index contributed by atoms with van der Waals surface area (Å²) in [6.07, 6.45) is 4.22. The van der Waals surface area contributed by atoms with E-state index in [0.717, 1.165) is 18.5 Å². The van der Waals surface area contributed by atoms with Crippen molar-refractivity contribution in [2.24, 2.45) is 0 Å². The Hall–Kier alpha value is -1.02. The minimum atomic E-state index is -0.332. The Morgan fingerprint density at radius 3 is 2.16 bits per heavy atom. The summed E-state index contributed by atoms with van der Waals surface area (Å²) in [4.78, 5) is 2.44. The Labute approximate surface area is 118 Å². The summed E-state index contributed by atoms with van der Waals surface area (Å²) in [5, 5.41) is 9.83. The predicted molar refractivity (Wildman–Crippen MR) is 83.7 cm³/mol. The number of benzene rings is 1. The highest BCUT2D eigenvalue weighted by atomic mass is 16.3. The van der Waals surface area contributed by atoms with E-state index in [9.17, 15) is 5.11 Å². The van der Waals surface area contributed by atoms with Gasteiger partial charge in [-0.2, -0.15) is 0 Å². The maximum Gasteiger partial charge on any atom is 0.0787 e. The molecule has 0 spiro atoms. The Bertz CT molecular complexity index is 345. The van der Waals surface area contributed by atoms with Gasteiger partial charge >= 0.3 is 0 Å². The van der Waals surface area contributed by atoms with Crippen molar-refractivity contribution < 1.29 is 5.11 Å². The summed E-state index contributed by atoms with van der Waals surface area (Å²) in [6.45, 7) is 9.83. The van der Waals surface area contributed by atoms with Gasteiger partial charge in [-0.25, -0.2) is 0 Å². The fourth-order valence-corrected chi connectivity index (χ4v) is 2.34. The first-order valence-electron chi connectivity index (χ1n) is 7.64. The van der Waals surface area contributed by atoms with Crippen LogP contribution in [0.1, 0.15) is 65.0 Å². The molecule has 108 valence electrons.